The Morgan fingerprint density at radius 2 is 1.87 bits per heavy atom. The van der Waals surface area contributed by atoms with Gasteiger partial charge in [0.2, 0.25) is 0 Å². The number of alkyl halides is 1. The fourth-order valence-corrected chi connectivity index (χ4v) is 2.79. The van der Waals surface area contributed by atoms with Gasteiger partial charge in [0, 0.05) is 7.05 Å². The van der Waals surface area contributed by atoms with E-state index < -0.39 is 16.0 Å². The number of anilines is 2. The molecule has 0 saturated heterocycles. The Morgan fingerprint density at radius 1 is 1.33 bits per heavy atom. The lowest BCUT2D eigenvalue weighted by molar-refractivity contribution is 0.545. The first-order valence-electron chi connectivity index (χ1n) is 4.13. The van der Waals surface area contributed by atoms with E-state index in [1.165, 1.54) is 11.0 Å². The molecule has 0 aliphatic carbocycles. The van der Waals surface area contributed by atoms with Gasteiger partial charge in [0.05, 0.1) is 11.4 Å². The molecule has 0 spiro atoms. The van der Waals surface area contributed by atoms with Crippen LogP contribution in [0.3, 0.4) is 0 Å². The zero-order chi connectivity index (χ0) is 11.2. The molecular formula is C8H8ClFN2O2S. The van der Waals surface area contributed by atoms with Gasteiger partial charge in [0.15, 0.2) is 5.62 Å². The van der Waals surface area contributed by atoms with Crippen LogP contribution in [0.4, 0.5) is 15.3 Å². The number of benzene rings is 1. The highest BCUT2D eigenvalue weighted by Gasteiger charge is 2.39. The quantitative estimate of drug-likeness (QED) is 0.433. The lowest BCUT2D eigenvalue weighted by Crippen LogP contribution is -2.38. The first kappa shape index (κ1) is 10.5. The Balaban J connectivity index is 2.62. The summed E-state index contributed by atoms with van der Waals surface area (Å²) in [5, 5.41) is 0. The standard InChI is InChI=1S/C8H8ClFN2O2S/c1-11-6-4-2-3-5-7(6)12(8(11)9)15(10,13)14/h2-5,8H,1H3. The van der Waals surface area contributed by atoms with Crippen molar-refractivity contribution in [3.8, 4) is 0 Å². The maximum absolute atomic E-state index is 13.0. The summed E-state index contributed by atoms with van der Waals surface area (Å²) in [5.41, 5.74) is -0.223. The molecule has 1 aliphatic heterocycles. The first-order valence-corrected chi connectivity index (χ1v) is 5.90. The van der Waals surface area contributed by atoms with Gasteiger partial charge in [0.1, 0.15) is 0 Å². The molecule has 1 aromatic carbocycles. The number of hydrogen-bond acceptors (Lipinski definition) is 3. The van der Waals surface area contributed by atoms with E-state index in [1.54, 1.807) is 25.2 Å². The average Bonchev–Trinajstić information content (AvgIpc) is 2.39. The van der Waals surface area contributed by atoms with Gasteiger partial charge in [-0.3, -0.25) is 0 Å². The molecule has 15 heavy (non-hydrogen) atoms. The van der Waals surface area contributed by atoms with Crippen LogP contribution in [-0.2, 0) is 10.4 Å². The van der Waals surface area contributed by atoms with Crippen LogP contribution in [0.15, 0.2) is 24.3 Å². The first-order chi connectivity index (χ1) is 6.93. The molecule has 1 atom stereocenters. The normalized spacial score (nSPS) is 20.6. The van der Waals surface area contributed by atoms with Crippen molar-refractivity contribution in [2.75, 3.05) is 16.3 Å². The van der Waals surface area contributed by atoms with Gasteiger partial charge in [0.25, 0.3) is 0 Å². The molecule has 0 radical (unpaired) electrons. The summed E-state index contributed by atoms with van der Waals surface area (Å²) >= 11 is 5.81. The zero-order valence-corrected chi connectivity index (χ0v) is 9.33. The molecule has 7 heteroatoms. The number of rotatable bonds is 1. The number of hydrogen-bond donors (Lipinski definition) is 0. The van der Waals surface area contributed by atoms with Gasteiger partial charge in [-0.25, -0.2) is 4.31 Å². The van der Waals surface area contributed by atoms with Gasteiger partial charge in [-0.1, -0.05) is 27.6 Å². The van der Waals surface area contributed by atoms with Gasteiger partial charge < -0.3 is 4.90 Å². The van der Waals surface area contributed by atoms with Gasteiger partial charge >= 0.3 is 10.4 Å². The largest absolute Gasteiger partial charge is 0.402 e. The van der Waals surface area contributed by atoms with Gasteiger partial charge in [-0.05, 0) is 12.1 Å². The molecule has 1 heterocycles. The summed E-state index contributed by atoms with van der Waals surface area (Å²) in [6.45, 7) is 0. The number of para-hydroxylation sites is 2. The molecule has 1 aliphatic rings. The van der Waals surface area contributed by atoms with Gasteiger partial charge in [-0.2, -0.15) is 8.42 Å². The van der Waals surface area contributed by atoms with E-state index in [2.05, 4.69) is 0 Å². The fourth-order valence-electron chi connectivity index (χ4n) is 1.56. The molecule has 4 nitrogen and oxygen atoms in total. The number of halogens is 2. The Labute approximate surface area is 92.2 Å². The van der Waals surface area contributed by atoms with Crippen molar-refractivity contribution in [3.63, 3.8) is 0 Å². The third-order valence-electron chi connectivity index (χ3n) is 2.25. The third-order valence-corrected chi connectivity index (χ3v) is 3.72. The molecule has 0 fully saturated rings. The average molecular weight is 251 g/mol. The smallest absolute Gasteiger partial charge is 0.339 e. The molecule has 2 rings (SSSR count). The van der Waals surface area contributed by atoms with Crippen molar-refractivity contribution in [3.05, 3.63) is 24.3 Å². The number of fused-ring (bicyclic) bond motifs is 1. The van der Waals surface area contributed by atoms with Crippen molar-refractivity contribution in [2.24, 2.45) is 0 Å². The summed E-state index contributed by atoms with van der Waals surface area (Å²) in [4.78, 5) is 1.48. The minimum absolute atomic E-state index is 0.252. The van der Waals surface area contributed by atoms with Crippen LogP contribution in [-0.4, -0.2) is 21.1 Å². The highest BCUT2D eigenvalue weighted by Crippen LogP contribution is 2.41. The zero-order valence-electron chi connectivity index (χ0n) is 7.76. The predicted molar refractivity (Wildman–Crippen MR) is 57.0 cm³/mol. The maximum atomic E-state index is 13.0. The Morgan fingerprint density at radius 3 is 2.40 bits per heavy atom. The summed E-state index contributed by atoms with van der Waals surface area (Å²) in [6, 6.07) is 6.54. The monoisotopic (exact) mass is 250 g/mol. The molecule has 0 bridgehead atoms. The number of nitrogens with zero attached hydrogens (tertiary/aromatic N) is 2. The van der Waals surface area contributed by atoms with Crippen LogP contribution < -0.4 is 9.21 Å². The molecule has 0 N–H and O–H groups in total. The summed E-state index contributed by atoms with van der Waals surface area (Å²) < 4.78 is 35.3. The molecule has 0 saturated carbocycles. The van der Waals surface area contributed by atoms with E-state index >= 15 is 0 Å². The van der Waals surface area contributed by atoms with Crippen molar-refractivity contribution < 1.29 is 12.3 Å². The second kappa shape index (κ2) is 3.24. The predicted octanol–water partition coefficient (Wildman–Crippen LogP) is 1.68. The van der Waals surface area contributed by atoms with E-state index in [0.29, 0.717) is 9.99 Å². The summed E-state index contributed by atoms with van der Waals surface area (Å²) in [7, 11) is -3.24. The highest BCUT2D eigenvalue weighted by molar-refractivity contribution is 7.87. The SMILES string of the molecule is CN1c2ccccc2N(S(=O)(=O)F)C1Cl. The summed E-state index contributed by atoms with van der Waals surface area (Å²) in [6.07, 6.45) is 0. The van der Waals surface area contributed by atoms with Crippen LogP contribution in [0.25, 0.3) is 0 Å². The highest BCUT2D eigenvalue weighted by atomic mass is 35.5. The van der Waals surface area contributed by atoms with E-state index in [1.807, 2.05) is 0 Å². The second-order valence-corrected chi connectivity index (χ2v) is 4.76. The second-order valence-electron chi connectivity index (χ2n) is 3.15. The van der Waals surface area contributed by atoms with Crippen molar-refractivity contribution in [1.82, 2.24) is 0 Å². The van der Waals surface area contributed by atoms with Crippen molar-refractivity contribution in [2.45, 2.75) is 5.62 Å². The Bertz CT molecular complexity index is 493. The molecular weight excluding hydrogens is 243 g/mol. The molecule has 1 unspecified atom stereocenters. The van der Waals surface area contributed by atoms with E-state index in [9.17, 15) is 12.3 Å². The maximum Gasteiger partial charge on any atom is 0.402 e. The molecule has 0 aromatic heterocycles. The summed E-state index contributed by atoms with van der Waals surface area (Å²) in [5.74, 6) is 0. The fraction of sp³-hybridized carbons (Fsp3) is 0.250. The van der Waals surface area contributed by atoms with Gasteiger partial charge in [-0.15, -0.1) is 0 Å². The topological polar surface area (TPSA) is 40.6 Å². The van der Waals surface area contributed by atoms with Crippen LogP contribution in [0.2, 0.25) is 0 Å². The Kier molecular flexibility index (Phi) is 2.27. The van der Waals surface area contributed by atoms with Crippen LogP contribution in [0.5, 0.6) is 0 Å². The molecule has 82 valence electrons. The minimum Gasteiger partial charge on any atom is -0.339 e. The molecule has 0 amide bonds. The van der Waals surface area contributed by atoms with E-state index in [4.69, 9.17) is 11.6 Å². The minimum atomic E-state index is -4.84. The van der Waals surface area contributed by atoms with E-state index in [-0.39, 0.29) is 5.69 Å². The lowest BCUT2D eigenvalue weighted by atomic mass is 10.3. The van der Waals surface area contributed by atoms with Crippen molar-refractivity contribution in [1.29, 1.82) is 0 Å². The third kappa shape index (κ3) is 1.53. The lowest BCUT2D eigenvalue weighted by Gasteiger charge is -2.20. The van der Waals surface area contributed by atoms with Crippen LogP contribution in [0, 0.1) is 0 Å². The van der Waals surface area contributed by atoms with E-state index in [0.717, 1.165) is 0 Å². The Hall–Kier alpha value is -1.01. The van der Waals surface area contributed by atoms with Crippen LogP contribution >= 0.6 is 11.6 Å². The molecule has 1 aromatic rings. The van der Waals surface area contributed by atoms with Crippen molar-refractivity contribution >= 4 is 33.4 Å². The van der Waals surface area contributed by atoms with Crippen LogP contribution in [0.1, 0.15) is 0 Å².